The molecule has 3 fully saturated rings. The molecule has 3 aliphatic heterocycles. The van der Waals surface area contributed by atoms with Crippen LogP contribution in [0.2, 0.25) is 0 Å². The summed E-state index contributed by atoms with van der Waals surface area (Å²) in [5.41, 5.74) is 2.71. The highest BCUT2D eigenvalue weighted by molar-refractivity contribution is 6.76. The second-order valence-electron chi connectivity index (χ2n) is 10.7. The van der Waals surface area contributed by atoms with Gasteiger partial charge in [-0.25, -0.2) is 0 Å². The monoisotopic (exact) mass is 492 g/mol. The molecule has 0 aromatic carbocycles. The SMILES string of the molecule is CC=C[Si](N1CCN(CCCC)CC1)(N1CCN(CCCC)CC1)N1CCN(CCCC)CC1. The fourth-order valence-corrected chi connectivity index (χ4v) is 11.0. The smallest absolute Gasteiger partial charge is 0.301 e. The van der Waals surface area contributed by atoms with E-state index in [2.05, 4.69) is 67.9 Å². The van der Waals surface area contributed by atoms with Gasteiger partial charge in [0.2, 0.25) is 0 Å². The van der Waals surface area contributed by atoms with Crippen LogP contribution < -0.4 is 0 Å². The summed E-state index contributed by atoms with van der Waals surface area (Å²) in [5, 5.41) is 0. The van der Waals surface area contributed by atoms with E-state index in [4.69, 9.17) is 0 Å². The van der Waals surface area contributed by atoms with Gasteiger partial charge in [0.15, 0.2) is 0 Å². The van der Waals surface area contributed by atoms with Crippen molar-refractivity contribution in [3.05, 3.63) is 11.8 Å². The summed E-state index contributed by atoms with van der Waals surface area (Å²) in [6.07, 6.45) is 10.4. The number of hydrogen-bond acceptors (Lipinski definition) is 6. The Hall–Kier alpha value is -0.283. The molecule has 34 heavy (non-hydrogen) atoms. The fraction of sp³-hybridized carbons (Fsp3) is 0.926. The summed E-state index contributed by atoms with van der Waals surface area (Å²) in [7, 11) is -2.04. The maximum Gasteiger partial charge on any atom is 0.315 e. The first-order chi connectivity index (χ1) is 16.7. The Bertz CT molecular complexity index is 494. The van der Waals surface area contributed by atoms with Gasteiger partial charge in [-0.3, -0.25) is 13.7 Å². The highest BCUT2D eigenvalue weighted by Gasteiger charge is 2.51. The molecule has 198 valence electrons. The van der Waals surface area contributed by atoms with Crippen molar-refractivity contribution in [1.82, 2.24) is 28.4 Å². The van der Waals surface area contributed by atoms with Gasteiger partial charge in [0.05, 0.1) is 0 Å². The summed E-state index contributed by atoms with van der Waals surface area (Å²) in [6, 6.07) is 0. The zero-order valence-electron chi connectivity index (χ0n) is 23.2. The van der Waals surface area contributed by atoms with Gasteiger partial charge in [-0.2, -0.15) is 0 Å². The molecule has 0 spiro atoms. The molecular formula is C27H56N6Si. The molecule has 0 aromatic heterocycles. The maximum atomic E-state index is 2.98. The van der Waals surface area contributed by atoms with Crippen LogP contribution in [-0.2, 0) is 0 Å². The zero-order valence-corrected chi connectivity index (χ0v) is 24.2. The van der Waals surface area contributed by atoms with Gasteiger partial charge in [-0.1, -0.05) is 51.8 Å². The van der Waals surface area contributed by atoms with Gasteiger partial charge in [-0.15, -0.1) is 0 Å². The van der Waals surface area contributed by atoms with E-state index in [-0.39, 0.29) is 0 Å². The number of nitrogens with zero attached hydrogens (tertiary/aromatic N) is 6. The van der Waals surface area contributed by atoms with Crippen molar-refractivity contribution in [3.63, 3.8) is 0 Å². The molecule has 0 amide bonds. The third-order valence-electron chi connectivity index (χ3n) is 8.39. The second-order valence-corrected chi connectivity index (χ2v) is 14.3. The minimum Gasteiger partial charge on any atom is -0.301 e. The van der Waals surface area contributed by atoms with Crippen LogP contribution in [0, 0.1) is 0 Å². The molecule has 3 saturated heterocycles. The van der Waals surface area contributed by atoms with Crippen molar-refractivity contribution in [2.24, 2.45) is 0 Å². The van der Waals surface area contributed by atoms with Crippen LogP contribution in [0.5, 0.6) is 0 Å². The Kier molecular flexibility index (Phi) is 12.5. The average molecular weight is 493 g/mol. The number of hydrogen-bond donors (Lipinski definition) is 0. The minimum absolute atomic E-state index is 1.24. The molecular weight excluding hydrogens is 436 g/mol. The predicted molar refractivity (Wildman–Crippen MR) is 149 cm³/mol. The third kappa shape index (κ3) is 7.37. The molecule has 0 atom stereocenters. The molecule has 0 radical (unpaired) electrons. The van der Waals surface area contributed by atoms with E-state index < -0.39 is 8.56 Å². The number of rotatable bonds is 13. The first-order valence-corrected chi connectivity index (χ1v) is 16.7. The van der Waals surface area contributed by atoms with Gasteiger partial charge in [0, 0.05) is 78.5 Å². The van der Waals surface area contributed by atoms with Crippen LogP contribution in [0.4, 0.5) is 0 Å². The molecule has 0 unspecified atom stereocenters. The Balaban J connectivity index is 1.75. The van der Waals surface area contributed by atoms with Crippen LogP contribution in [0.3, 0.4) is 0 Å². The summed E-state index contributed by atoms with van der Waals surface area (Å²) in [4.78, 5) is 8.17. The summed E-state index contributed by atoms with van der Waals surface area (Å²) >= 11 is 0. The highest BCUT2D eigenvalue weighted by Crippen LogP contribution is 2.27. The Morgan fingerprint density at radius 2 is 0.794 bits per heavy atom. The molecule has 6 nitrogen and oxygen atoms in total. The van der Waals surface area contributed by atoms with Crippen molar-refractivity contribution in [2.75, 3.05) is 98.2 Å². The first kappa shape index (κ1) is 28.3. The fourth-order valence-electron chi connectivity index (χ4n) is 6.19. The van der Waals surface area contributed by atoms with E-state index in [1.165, 1.54) is 137 Å². The van der Waals surface area contributed by atoms with Crippen LogP contribution in [0.15, 0.2) is 11.8 Å². The van der Waals surface area contributed by atoms with Gasteiger partial charge < -0.3 is 14.7 Å². The molecule has 0 N–H and O–H groups in total. The Labute approximate surface area is 213 Å². The second kappa shape index (κ2) is 15.1. The van der Waals surface area contributed by atoms with Crippen molar-refractivity contribution in [2.45, 2.75) is 66.2 Å². The van der Waals surface area contributed by atoms with E-state index >= 15 is 0 Å². The van der Waals surface area contributed by atoms with E-state index in [1.54, 1.807) is 0 Å². The van der Waals surface area contributed by atoms with Crippen LogP contribution in [0.25, 0.3) is 0 Å². The molecule has 0 aliphatic carbocycles. The number of allylic oxidation sites excluding steroid dienone is 1. The number of piperazine rings is 3. The maximum absolute atomic E-state index is 2.98. The van der Waals surface area contributed by atoms with Crippen LogP contribution in [-0.4, -0.2) is 135 Å². The highest BCUT2D eigenvalue weighted by atomic mass is 28.4. The lowest BCUT2D eigenvalue weighted by Crippen LogP contribution is -2.79. The van der Waals surface area contributed by atoms with Crippen molar-refractivity contribution in [1.29, 1.82) is 0 Å². The molecule has 3 heterocycles. The summed E-state index contributed by atoms with van der Waals surface area (Å²) in [6.45, 7) is 28.0. The Morgan fingerprint density at radius 1 is 0.500 bits per heavy atom. The normalized spacial score (nSPS) is 23.9. The van der Waals surface area contributed by atoms with Gasteiger partial charge in [-0.05, 0) is 45.8 Å². The molecule has 0 bridgehead atoms. The first-order valence-electron chi connectivity index (χ1n) is 14.7. The van der Waals surface area contributed by atoms with E-state index in [0.29, 0.717) is 0 Å². The average Bonchev–Trinajstić information content (AvgIpc) is 2.89. The van der Waals surface area contributed by atoms with Crippen LogP contribution in [0.1, 0.15) is 66.2 Å². The number of unbranched alkanes of at least 4 members (excludes halogenated alkanes) is 3. The topological polar surface area (TPSA) is 19.4 Å². The predicted octanol–water partition coefficient (Wildman–Crippen LogP) is 3.29. The van der Waals surface area contributed by atoms with E-state index in [9.17, 15) is 0 Å². The quantitative estimate of drug-likeness (QED) is 0.365. The lowest BCUT2D eigenvalue weighted by atomic mass is 10.3. The van der Waals surface area contributed by atoms with Gasteiger partial charge >= 0.3 is 8.56 Å². The third-order valence-corrected chi connectivity index (χ3v) is 13.3. The van der Waals surface area contributed by atoms with Gasteiger partial charge in [0.25, 0.3) is 0 Å². The lowest BCUT2D eigenvalue weighted by Gasteiger charge is -2.57. The Morgan fingerprint density at radius 3 is 1.03 bits per heavy atom. The molecule has 3 aliphatic rings. The largest absolute Gasteiger partial charge is 0.315 e. The molecule has 0 aromatic rings. The summed E-state index contributed by atoms with van der Waals surface area (Å²) in [5.74, 6) is 0. The van der Waals surface area contributed by atoms with Crippen LogP contribution >= 0.6 is 0 Å². The van der Waals surface area contributed by atoms with Crippen molar-refractivity contribution < 1.29 is 0 Å². The lowest BCUT2D eigenvalue weighted by molar-refractivity contribution is 0.107. The molecule has 0 saturated carbocycles. The van der Waals surface area contributed by atoms with E-state index in [1.807, 2.05) is 0 Å². The van der Waals surface area contributed by atoms with Gasteiger partial charge in [0.1, 0.15) is 0 Å². The van der Waals surface area contributed by atoms with Crippen molar-refractivity contribution in [3.8, 4) is 0 Å². The van der Waals surface area contributed by atoms with E-state index in [0.717, 1.165) is 0 Å². The molecule has 7 heteroatoms. The summed E-state index contributed by atoms with van der Waals surface area (Å²) < 4.78 is 8.95. The standard InChI is InChI=1S/C27H56N6Si/c1-5-9-12-28-15-21-31(22-16-28)34(27-8-4,32-23-17-29(18-24-32)13-10-6-2)33-25-19-30(20-26-33)14-11-7-3/h8,27H,5-7,9-26H2,1-4H3. The molecule has 3 rings (SSSR count). The zero-order chi connectivity index (χ0) is 24.2. The minimum atomic E-state index is -2.04. The van der Waals surface area contributed by atoms with Crippen molar-refractivity contribution >= 4 is 8.56 Å².